The number of morpholine rings is 2. The summed E-state index contributed by atoms with van der Waals surface area (Å²) in [5, 5.41) is 9.63. The van der Waals surface area contributed by atoms with Crippen LogP contribution in [0.25, 0.3) is 11.3 Å². The van der Waals surface area contributed by atoms with Gasteiger partial charge in [0.15, 0.2) is 0 Å². The Bertz CT molecular complexity index is 1680. The molecule has 0 aliphatic carbocycles. The molecule has 6 rings (SSSR count). The highest BCUT2D eigenvalue weighted by molar-refractivity contribution is 6.33. The molecular weight excluding hydrogens is 597 g/mol. The number of ether oxygens (including phenoxy) is 2. The van der Waals surface area contributed by atoms with Gasteiger partial charge in [0.25, 0.3) is 0 Å². The summed E-state index contributed by atoms with van der Waals surface area (Å²) >= 11 is 6.45. The molecule has 0 bridgehead atoms. The van der Waals surface area contributed by atoms with Gasteiger partial charge in [0.2, 0.25) is 11.9 Å². The van der Waals surface area contributed by atoms with Crippen molar-refractivity contribution in [3.05, 3.63) is 90.4 Å². The van der Waals surface area contributed by atoms with E-state index in [-0.39, 0.29) is 11.6 Å². The standard InChI is InChI=1S/C33H31ClFN7O3/c1-2-31(43)38-26-18-22(17-23(35)19-26)32-29(37-24-3-6-27(7-4-24)41-9-13-44-14-10-41)21-36-33(40-32)39-25-5-8-28(34)30(20-25)42-11-15-45-16-12-42/h2-4,6-7,17-21,37H,1,9-16H2,(H,38,43)(H,36,39,40). The van der Waals surface area contributed by atoms with E-state index in [0.29, 0.717) is 67.2 Å². The summed E-state index contributed by atoms with van der Waals surface area (Å²) < 4.78 is 25.8. The maximum atomic E-state index is 14.8. The van der Waals surface area contributed by atoms with Crippen LogP contribution in [-0.2, 0) is 14.3 Å². The predicted molar refractivity (Wildman–Crippen MR) is 174 cm³/mol. The first-order valence-electron chi connectivity index (χ1n) is 14.5. The minimum absolute atomic E-state index is 0.249. The molecule has 2 aliphatic heterocycles. The fourth-order valence-corrected chi connectivity index (χ4v) is 5.34. The van der Waals surface area contributed by atoms with Gasteiger partial charge in [-0.1, -0.05) is 18.2 Å². The molecule has 0 saturated carbocycles. The Morgan fingerprint density at radius 1 is 0.933 bits per heavy atom. The number of amides is 1. The first-order valence-corrected chi connectivity index (χ1v) is 14.9. The smallest absolute Gasteiger partial charge is 0.247 e. The maximum Gasteiger partial charge on any atom is 0.247 e. The lowest BCUT2D eigenvalue weighted by Crippen LogP contribution is -2.36. The molecule has 230 valence electrons. The number of hydrogen-bond acceptors (Lipinski definition) is 9. The van der Waals surface area contributed by atoms with Gasteiger partial charge in [-0.2, -0.15) is 0 Å². The molecule has 2 saturated heterocycles. The Labute approximate surface area is 265 Å². The third-order valence-corrected chi connectivity index (χ3v) is 7.63. The van der Waals surface area contributed by atoms with Crippen LogP contribution in [0, 0.1) is 17.9 Å². The molecule has 10 nitrogen and oxygen atoms in total. The van der Waals surface area contributed by atoms with Gasteiger partial charge in [-0.25, -0.2) is 14.4 Å². The van der Waals surface area contributed by atoms with Gasteiger partial charge in [0, 0.05) is 48.8 Å². The van der Waals surface area contributed by atoms with E-state index >= 15 is 0 Å². The minimum Gasteiger partial charge on any atom is -0.378 e. The molecule has 4 aromatic rings. The van der Waals surface area contributed by atoms with Gasteiger partial charge in [0.1, 0.15) is 10.8 Å². The van der Waals surface area contributed by atoms with Gasteiger partial charge < -0.3 is 35.2 Å². The van der Waals surface area contributed by atoms with E-state index in [1.807, 2.05) is 30.3 Å². The number of carbonyl (C=O) groups is 1. The topological polar surface area (TPSA) is 104 Å². The second-order valence-electron chi connectivity index (χ2n) is 10.4. The van der Waals surface area contributed by atoms with Crippen LogP contribution >= 0.6 is 11.6 Å². The zero-order chi connectivity index (χ0) is 31.2. The van der Waals surface area contributed by atoms with Crippen molar-refractivity contribution in [2.45, 2.75) is 0 Å². The van der Waals surface area contributed by atoms with Gasteiger partial charge in [0.05, 0.1) is 55.4 Å². The summed E-state index contributed by atoms with van der Waals surface area (Å²) in [5.41, 5.74) is 4.88. The lowest BCUT2D eigenvalue weighted by molar-refractivity contribution is -0.111. The third-order valence-electron chi connectivity index (χ3n) is 7.35. The van der Waals surface area contributed by atoms with E-state index in [1.165, 1.54) is 12.1 Å². The summed E-state index contributed by atoms with van der Waals surface area (Å²) in [4.78, 5) is 25.7. The molecule has 1 amide bonds. The van der Waals surface area contributed by atoms with Gasteiger partial charge in [-0.3, -0.25) is 4.79 Å². The van der Waals surface area contributed by atoms with E-state index in [2.05, 4.69) is 49.4 Å². The summed E-state index contributed by atoms with van der Waals surface area (Å²) in [6, 6.07) is 20.1. The Balaban J connectivity index is 1.32. The van der Waals surface area contributed by atoms with E-state index in [0.717, 1.165) is 36.2 Å². The van der Waals surface area contributed by atoms with Crippen LogP contribution in [-0.4, -0.2) is 68.5 Å². The second-order valence-corrected chi connectivity index (χ2v) is 10.8. The van der Waals surface area contributed by atoms with Crippen molar-refractivity contribution in [2.75, 3.05) is 78.4 Å². The highest BCUT2D eigenvalue weighted by Crippen LogP contribution is 2.33. The monoisotopic (exact) mass is 627 g/mol. The van der Waals surface area contributed by atoms with Crippen LogP contribution in [0.3, 0.4) is 0 Å². The Hall–Kier alpha value is -4.89. The number of aromatic nitrogens is 2. The number of rotatable bonds is 9. The fraction of sp³-hybridized carbons (Fsp3) is 0.242. The van der Waals surface area contributed by atoms with E-state index in [4.69, 9.17) is 26.1 Å². The van der Waals surface area contributed by atoms with Crippen LogP contribution in [0.5, 0.6) is 0 Å². The average molecular weight is 628 g/mol. The molecule has 1 aromatic heterocycles. The number of anilines is 7. The van der Waals surface area contributed by atoms with Crippen LogP contribution in [0.4, 0.5) is 44.5 Å². The zero-order valence-corrected chi connectivity index (χ0v) is 25.2. The Morgan fingerprint density at radius 2 is 1.64 bits per heavy atom. The third kappa shape index (κ3) is 7.44. The molecule has 3 aromatic carbocycles. The molecule has 45 heavy (non-hydrogen) atoms. The Kier molecular flexibility index (Phi) is 9.26. The second kappa shape index (κ2) is 13.8. The summed E-state index contributed by atoms with van der Waals surface area (Å²) in [7, 11) is 0. The van der Waals surface area contributed by atoms with Crippen LogP contribution in [0.2, 0.25) is 5.02 Å². The van der Waals surface area contributed by atoms with Crippen molar-refractivity contribution in [3.8, 4) is 11.3 Å². The molecule has 0 unspecified atom stereocenters. The van der Waals surface area contributed by atoms with Crippen molar-refractivity contribution in [3.63, 3.8) is 0 Å². The highest BCUT2D eigenvalue weighted by Gasteiger charge is 2.17. The summed E-state index contributed by atoms with van der Waals surface area (Å²) in [5.74, 6) is -0.753. The highest BCUT2D eigenvalue weighted by atomic mass is 35.5. The average Bonchev–Trinajstić information content (AvgIpc) is 3.07. The van der Waals surface area contributed by atoms with E-state index in [9.17, 15) is 9.18 Å². The number of halogens is 2. The lowest BCUT2D eigenvalue weighted by atomic mass is 10.1. The number of hydrogen-bond donors (Lipinski definition) is 3. The normalized spacial score (nSPS) is 14.8. The zero-order valence-electron chi connectivity index (χ0n) is 24.4. The minimum atomic E-state index is -0.545. The van der Waals surface area contributed by atoms with Crippen molar-refractivity contribution in [1.82, 2.24) is 9.97 Å². The molecular formula is C33H31ClFN7O3. The number of carbonyl (C=O) groups excluding carboxylic acids is 1. The van der Waals surface area contributed by atoms with Crippen molar-refractivity contribution in [1.29, 1.82) is 0 Å². The largest absolute Gasteiger partial charge is 0.378 e. The first kappa shape index (κ1) is 30.1. The van der Waals surface area contributed by atoms with Crippen LogP contribution in [0.15, 0.2) is 67.4 Å². The lowest BCUT2D eigenvalue weighted by Gasteiger charge is -2.29. The van der Waals surface area contributed by atoms with Crippen LogP contribution < -0.4 is 25.8 Å². The number of nitrogens with one attached hydrogen (secondary N) is 3. The molecule has 2 aliphatic rings. The molecule has 0 radical (unpaired) electrons. The van der Waals surface area contributed by atoms with Crippen molar-refractivity contribution in [2.24, 2.45) is 0 Å². The van der Waals surface area contributed by atoms with Crippen molar-refractivity contribution < 1.29 is 18.7 Å². The van der Waals surface area contributed by atoms with E-state index in [1.54, 1.807) is 12.3 Å². The molecule has 0 atom stereocenters. The fourth-order valence-electron chi connectivity index (χ4n) is 5.12. The van der Waals surface area contributed by atoms with Crippen LogP contribution in [0.1, 0.15) is 0 Å². The summed E-state index contributed by atoms with van der Waals surface area (Å²) in [6.45, 7) is 9.16. The van der Waals surface area contributed by atoms with Crippen molar-refractivity contribution >= 4 is 57.6 Å². The number of nitrogens with zero attached hydrogens (tertiary/aromatic N) is 4. The molecule has 3 heterocycles. The first-order chi connectivity index (χ1) is 21.9. The predicted octanol–water partition coefficient (Wildman–Crippen LogP) is 5.82. The Morgan fingerprint density at radius 3 is 2.36 bits per heavy atom. The van der Waals surface area contributed by atoms with E-state index < -0.39 is 11.7 Å². The SMILES string of the molecule is C=CC(=O)Nc1cc(F)cc(-c2nc(Nc3c#cc(Cl)c(N4CCOCC4)c3)ncc2Nc2ccc(N3CCOCC3)cc2)c1. The quantitative estimate of drug-likeness (QED) is 0.198. The van der Waals surface area contributed by atoms with Gasteiger partial charge in [-0.15, -0.1) is 0 Å². The molecule has 3 N–H and O–H groups in total. The molecule has 2 fully saturated rings. The molecule has 0 spiro atoms. The van der Waals surface area contributed by atoms with Gasteiger partial charge >= 0.3 is 0 Å². The molecule has 12 heteroatoms. The maximum absolute atomic E-state index is 14.8. The van der Waals surface area contributed by atoms with Gasteiger partial charge in [-0.05, 0) is 66.7 Å². The summed E-state index contributed by atoms with van der Waals surface area (Å²) in [6.07, 6.45) is 2.74. The number of benzene rings is 2.